The summed E-state index contributed by atoms with van der Waals surface area (Å²) in [6.07, 6.45) is 6.96. The maximum Gasteiger partial charge on any atom is 0.128 e. The average molecular weight is 249 g/mol. The maximum absolute atomic E-state index is 4.52. The lowest BCUT2D eigenvalue weighted by atomic mass is 10.2. The van der Waals surface area contributed by atoms with Crippen LogP contribution in [0.2, 0.25) is 0 Å². The molecule has 0 fully saturated rings. The molecule has 0 bridgehead atoms. The first-order valence-corrected chi connectivity index (χ1v) is 7.14. The smallest absolute Gasteiger partial charge is 0.128 e. The highest BCUT2D eigenvalue weighted by atomic mass is 15.2. The second kappa shape index (κ2) is 8.92. The molecule has 0 aromatic carbocycles. The van der Waals surface area contributed by atoms with Crippen LogP contribution < -0.4 is 10.2 Å². The number of rotatable bonds is 9. The number of unbranched alkanes of at least 4 members (excludes halogenated alkanes) is 2. The van der Waals surface area contributed by atoms with Crippen molar-refractivity contribution in [1.82, 2.24) is 10.3 Å². The summed E-state index contributed by atoms with van der Waals surface area (Å²) in [6, 6.07) is 4.29. The normalized spacial score (nSPS) is 10.6. The molecule has 0 radical (unpaired) electrons. The van der Waals surface area contributed by atoms with Crippen molar-refractivity contribution in [3.8, 4) is 0 Å². The lowest BCUT2D eigenvalue weighted by Gasteiger charge is -2.18. The molecule has 0 amide bonds. The number of hydrogen-bond donors (Lipinski definition) is 1. The third-order valence-electron chi connectivity index (χ3n) is 3.05. The van der Waals surface area contributed by atoms with Crippen molar-refractivity contribution in [2.75, 3.05) is 25.0 Å². The fraction of sp³-hybridized carbons (Fsp3) is 0.667. The first kappa shape index (κ1) is 15.0. The topological polar surface area (TPSA) is 28.2 Å². The molecule has 0 saturated heterocycles. The van der Waals surface area contributed by atoms with E-state index in [-0.39, 0.29) is 0 Å². The van der Waals surface area contributed by atoms with Crippen LogP contribution in [-0.4, -0.2) is 25.1 Å². The average Bonchev–Trinajstić information content (AvgIpc) is 2.40. The second-order valence-corrected chi connectivity index (χ2v) is 4.83. The Morgan fingerprint density at radius 2 is 2.00 bits per heavy atom. The van der Waals surface area contributed by atoms with Gasteiger partial charge in [0.15, 0.2) is 0 Å². The van der Waals surface area contributed by atoms with Crippen LogP contribution in [0.25, 0.3) is 0 Å². The molecule has 0 aliphatic rings. The van der Waals surface area contributed by atoms with Crippen LogP contribution >= 0.6 is 0 Å². The van der Waals surface area contributed by atoms with Crippen molar-refractivity contribution in [2.45, 2.75) is 46.1 Å². The van der Waals surface area contributed by atoms with Gasteiger partial charge in [-0.15, -0.1) is 0 Å². The molecule has 3 nitrogen and oxygen atoms in total. The highest BCUT2D eigenvalue weighted by Crippen LogP contribution is 2.10. The number of hydrogen-bond acceptors (Lipinski definition) is 3. The van der Waals surface area contributed by atoms with Gasteiger partial charge in [0.1, 0.15) is 5.82 Å². The third kappa shape index (κ3) is 5.50. The minimum absolute atomic E-state index is 0.917. The standard InChI is InChI=1S/C15H27N3/c1-4-6-7-11-18(3)15-9-8-14(13-17-15)12-16-10-5-2/h8-9,13,16H,4-7,10-12H2,1-3H3. The molecule has 1 N–H and O–H groups in total. The van der Waals surface area contributed by atoms with E-state index in [4.69, 9.17) is 0 Å². The summed E-state index contributed by atoms with van der Waals surface area (Å²) >= 11 is 0. The Morgan fingerprint density at radius 3 is 2.61 bits per heavy atom. The van der Waals surface area contributed by atoms with Crippen LogP contribution in [0, 0.1) is 0 Å². The van der Waals surface area contributed by atoms with Gasteiger partial charge < -0.3 is 10.2 Å². The highest BCUT2D eigenvalue weighted by molar-refractivity contribution is 5.38. The fourth-order valence-corrected chi connectivity index (χ4v) is 1.87. The van der Waals surface area contributed by atoms with Crippen LogP contribution in [-0.2, 0) is 6.54 Å². The molecule has 0 spiro atoms. The van der Waals surface area contributed by atoms with Gasteiger partial charge in [0, 0.05) is 26.3 Å². The zero-order valence-electron chi connectivity index (χ0n) is 12.1. The third-order valence-corrected chi connectivity index (χ3v) is 3.05. The molecule has 0 saturated carbocycles. The summed E-state index contributed by atoms with van der Waals surface area (Å²) in [5.41, 5.74) is 1.26. The first-order valence-electron chi connectivity index (χ1n) is 7.14. The second-order valence-electron chi connectivity index (χ2n) is 4.83. The van der Waals surface area contributed by atoms with Crippen molar-refractivity contribution >= 4 is 5.82 Å². The lowest BCUT2D eigenvalue weighted by Crippen LogP contribution is -2.20. The van der Waals surface area contributed by atoms with Gasteiger partial charge in [-0.05, 0) is 31.0 Å². The van der Waals surface area contributed by atoms with Gasteiger partial charge in [0.05, 0.1) is 0 Å². The van der Waals surface area contributed by atoms with Gasteiger partial charge >= 0.3 is 0 Å². The monoisotopic (exact) mass is 249 g/mol. The molecule has 0 atom stereocenters. The van der Waals surface area contributed by atoms with Crippen molar-refractivity contribution in [3.05, 3.63) is 23.9 Å². The Morgan fingerprint density at radius 1 is 1.17 bits per heavy atom. The van der Waals surface area contributed by atoms with Crippen molar-refractivity contribution in [3.63, 3.8) is 0 Å². The van der Waals surface area contributed by atoms with Crippen LogP contribution in [0.4, 0.5) is 5.82 Å². The van der Waals surface area contributed by atoms with Gasteiger partial charge in [-0.1, -0.05) is 32.8 Å². The largest absolute Gasteiger partial charge is 0.360 e. The predicted octanol–water partition coefficient (Wildman–Crippen LogP) is 3.21. The molecule has 0 unspecified atom stereocenters. The van der Waals surface area contributed by atoms with E-state index in [2.05, 4.69) is 48.2 Å². The molecule has 102 valence electrons. The van der Waals surface area contributed by atoms with E-state index in [1.165, 1.54) is 31.2 Å². The van der Waals surface area contributed by atoms with Crippen LogP contribution in [0.15, 0.2) is 18.3 Å². The van der Waals surface area contributed by atoms with Gasteiger partial charge in [-0.2, -0.15) is 0 Å². The van der Waals surface area contributed by atoms with Crippen LogP contribution in [0.5, 0.6) is 0 Å². The number of aromatic nitrogens is 1. The van der Waals surface area contributed by atoms with E-state index in [0.29, 0.717) is 0 Å². The summed E-state index contributed by atoms with van der Waals surface area (Å²) in [4.78, 5) is 6.76. The minimum atomic E-state index is 0.917. The van der Waals surface area contributed by atoms with Crippen molar-refractivity contribution in [1.29, 1.82) is 0 Å². The van der Waals surface area contributed by atoms with Gasteiger partial charge in [-0.25, -0.2) is 4.98 Å². The number of anilines is 1. The zero-order valence-corrected chi connectivity index (χ0v) is 12.1. The highest BCUT2D eigenvalue weighted by Gasteiger charge is 2.01. The predicted molar refractivity (Wildman–Crippen MR) is 79.0 cm³/mol. The lowest BCUT2D eigenvalue weighted by molar-refractivity contribution is 0.673. The van der Waals surface area contributed by atoms with Crippen LogP contribution in [0.3, 0.4) is 0 Å². The Balaban J connectivity index is 2.38. The SMILES string of the molecule is CCCCCN(C)c1ccc(CNCCC)cn1. The Bertz CT molecular complexity index is 308. The maximum atomic E-state index is 4.52. The van der Waals surface area contributed by atoms with E-state index in [9.17, 15) is 0 Å². The number of nitrogens with zero attached hydrogens (tertiary/aromatic N) is 2. The minimum Gasteiger partial charge on any atom is -0.360 e. The van der Waals surface area contributed by atoms with Gasteiger partial charge in [0.2, 0.25) is 0 Å². The molecule has 3 heteroatoms. The molecule has 0 aliphatic carbocycles. The van der Waals surface area contributed by atoms with Crippen molar-refractivity contribution < 1.29 is 0 Å². The first-order chi connectivity index (χ1) is 8.77. The molecule has 18 heavy (non-hydrogen) atoms. The van der Waals surface area contributed by atoms with E-state index in [1.54, 1.807) is 0 Å². The van der Waals surface area contributed by atoms with E-state index >= 15 is 0 Å². The zero-order chi connectivity index (χ0) is 13.2. The molecular formula is C15H27N3. The molecule has 1 aromatic rings. The van der Waals surface area contributed by atoms with Gasteiger partial charge in [-0.3, -0.25) is 0 Å². The molecular weight excluding hydrogens is 222 g/mol. The summed E-state index contributed by atoms with van der Waals surface area (Å²) in [5.74, 6) is 1.07. The summed E-state index contributed by atoms with van der Waals surface area (Å²) in [7, 11) is 2.12. The Kier molecular flexibility index (Phi) is 7.42. The van der Waals surface area contributed by atoms with E-state index < -0.39 is 0 Å². The summed E-state index contributed by atoms with van der Waals surface area (Å²) in [5, 5.41) is 3.39. The fourth-order valence-electron chi connectivity index (χ4n) is 1.87. The van der Waals surface area contributed by atoms with Crippen LogP contribution in [0.1, 0.15) is 45.1 Å². The quantitative estimate of drug-likeness (QED) is 0.681. The van der Waals surface area contributed by atoms with E-state index in [1.807, 2.05) is 6.20 Å². The number of nitrogens with one attached hydrogen (secondary N) is 1. The number of pyridine rings is 1. The summed E-state index contributed by atoms with van der Waals surface area (Å²) in [6.45, 7) is 7.49. The molecule has 1 rings (SSSR count). The molecule has 1 heterocycles. The Hall–Kier alpha value is -1.09. The molecule has 1 aromatic heterocycles. The summed E-state index contributed by atoms with van der Waals surface area (Å²) < 4.78 is 0. The van der Waals surface area contributed by atoms with Crippen molar-refractivity contribution in [2.24, 2.45) is 0 Å². The molecule has 0 aliphatic heterocycles. The van der Waals surface area contributed by atoms with E-state index in [0.717, 1.165) is 25.5 Å². The van der Waals surface area contributed by atoms with Gasteiger partial charge in [0.25, 0.3) is 0 Å². The Labute approximate surface area is 112 Å².